The van der Waals surface area contributed by atoms with E-state index in [1.165, 1.54) is 19.3 Å². The molecule has 0 atom stereocenters. The second kappa shape index (κ2) is 8.83. The van der Waals surface area contributed by atoms with E-state index in [4.69, 9.17) is 9.47 Å². The van der Waals surface area contributed by atoms with Crippen molar-refractivity contribution in [2.24, 2.45) is 17.8 Å². The van der Waals surface area contributed by atoms with Crippen molar-refractivity contribution in [1.82, 2.24) is 0 Å². The molecule has 0 saturated heterocycles. The van der Waals surface area contributed by atoms with Crippen LogP contribution in [0, 0.1) is 17.8 Å². The number of hydrogen-bond donors (Lipinski definition) is 1. The predicted molar refractivity (Wildman–Crippen MR) is 134 cm³/mol. The van der Waals surface area contributed by atoms with Gasteiger partial charge in [0.15, 0.2) is 0 Å². The highest BCUT2D eigenvalue weighted by molar-refractivity contribution is 5.85. The number of nitrogens with one attached hydrogen (secondary N) is 1. The minimum Gasteiger partial charge on any atom is -0.489 e. The van der Waals surface area contributed by atoms with Crippen molar-refractivity contribution >= 4 is 11.8 Å². The number of anilines is 1. The maximum atomic E-state index is 12.7. The first-order valence-corrected chi connectivity index (χ1v) is 12.5. The van der Waals surface area contributed by atoms with Gasteiger partial charge in [-0.3, -0.25) is 5.32 Å². The molecule has 1 amide bonds. The summed E-state index contributed by atoms with van der Waals surface area (Å²) in [5, 5.41) is 2.96. The van der Waals surface area contributed by atoms with Gasteiger partial charge in [-0.25, -0.2) is 4.79 Å². The number of benzene rings is 3. The quantitative estimate of drug-likeness (QED) is 0.422. The Labute approximate surface area is 201 Å². The van der Waals surface area contributed by atoms with Crippen molar-refractivity contribution in [3.8, 4) is 16.9 Å². The number of amides is 1. The third-order valence-electron chi connectivity index (χ3n) is 7.84. The Bertz CT molecular complexity index is 1120. The van der Waals surface area contributed by atoms with Gasteiger partial charge in [-0.2, -0.15) is 0 Å². The van der Waals surface area contributed by atoms with Crippen LogP contribution in [0.2, 0.25) is 0 Å². The topological polar surface area (TPSA) is 47.6 Å². The molecule has 4 bridgehead atoms. The lowest BCUT2D eigenvalue weighted by Gasteiger charge is -2.55. The molecule has 0 heterocycles. The third-order valence-corrected chi connectivity index (χ3v) is 7.84. The number of carbonyl (C=O) groups is 1. The van der Waals surface area contributed by atoms with E-state index in [1.54, 1.807) is 0 Å². The molecule has 4 aliphatic rings. The van der Waals surface area contributed by atoms with Crippen LogP contribution in [0.4, 0.5) is 10.5 Å². The molecule has 4 saturated carbocycles. The highest BCUT2D eigenvalue weighted by Gasteiger charge is 2.53. The average molecular weight is 454 g/mol. The van der Waals surface area contributed by atoms with Gasteiger partial charge in [0, 0.05) is 5.69 Å². The van der Waals surface area contributed by atoms with E-state index in [9.17, 15) is 4.79 Å². The Morgan fingerprint density at radius 3 is 2.15 bits per heavy atom. The molecule has 0 radical (unpaired) electrons. The summed E-state index contributed by atoms with van der Waals surface area (Å²) in [6.07, 6.45) is 6.85. The van der Waals surface area contributed by atoms with Crippen LogP contribution in [-0.2, 0) is 11.3 Å². The maximum Gasteiger partial charge on any atom is 0.412 e. The molecule has 0 spiro atoms. The molecule has 3 aromatic carbocycles. The molecule has 4 fully saturated rings. The van der Waals surface area contributed by atoms with Crippen LogP contribution in [0.1, 0.15) is 44.1 Å². The van der Waals surface area contributed by atoms with Gasteiger partial charge in [-0.05, 0) is 97.2 Å². The van der Waals surface area contributed by atoms with E-state index in [1.807, 2.05) is 60.7 Å². The SMILES string of the molecule is O=C(Nc1ccc(-c2cccc(OCc3ccccc3)c2)cc1)OC12CC3CC(CC(C3)C1)C2. The van der Waals surface area contributed by atoms with Crippen molar-refractivity contribution in [1.29, 1.82) is 0 Å². The van der Waals surface area contributed by atoms with Gasteiger partial charge in [0.25, 0.3) is 0 Å². The third kappa shape index (κ3) is 4.54. The number of hydrogen-bond acceptors (Lipinski definition) is 3. The van der Waals surface area contributed by atoms with Crippen LogP contribution in [0.3, 0.4) is 0 Å². The highest BCUT2D eigenvalue weighted by Crippen LogP contribution is 2.57. The Kier molecular flexibility index (Phi) is 5.52. The van der Waals surface area contributed by atoms with Crippen LogP contribution < -0.4 is 10.1 Å². The lowest BCUT2D eigenvalue weighted by Crippen LogP contribution is -2.53. The summed E-state index contributed by atoms with van der Waals surface area (Å²) < 4.78 is 12.1. The Morgan fingerprint density at radius 1 is 0.794 bits per heavy atom. The van der Waals surface area contributed by atoms with E-state index in [-0.39, 0.29) is 11.7 Å². The molecule has 4 heteroatoms. The largest absolute Gasteiger partial charge is 0.489 e. The van der Waals surface area contributed by atoms with Gasteiger partial charge in [0.1, 0.15) is 18.0 Å². The van der Waals surface area contributed by atoms with E-state index in [0.29, 0.717) is 6.61 Å². The van der Waals surface area contributed by atoms with E-state index < -0.39 is 0 Å². The van der Waals surface area contributed by atoms with Crippen LogP contribution >= 0.6 is 0 Å². The van der Waals surface area contributed by atoms with Gasteiger partial charge < -0.3 is 9.47 Å². The zero-order valence-corrected chi connectivity index (χ0v) is 19.4. The predicted octanol–water partition coefficient (Wildman–Crippen LogP) is 7.45. The van der Waals surface area contributed by atoms with Crippen LogP contribution in [0.15, 0.2) is 78.9 Å². The first-order chi connectivity index (χ1) is 16.6. The van der Waals surface area contributed by atoms with Crippen molar-refractivity contribution in [3.63, 3.8) is 0 Å². The molecule has 4 aliphatic carbocycles. The van der Waals surface area contributed by atoms with Crippen LogP contribution in [0.25, 0.3) is 11.1 Å². The summed E-state index contributed by atoms with van der Waals surface area (Å²) in [5.74, 6) is 3.10. The highest BCUT2D eigenvalue weighted by atomic mass is 16.6. The average Bonchev–Trinajstić information content (AvgIpc) is 2.83. The zero-order valence-electron chi connectivity index (χ0n) is 19.4. The lowest BCUT2D eigenvalue weighted by atomic mass is 9.54. The lowest BCUT2D eigenvalue weighted by molar-refractivity contribution is -0.124. The maximum absolute atomic E-state index is 12.7. The van der Waals surface area contributed by atoms with Crippen LogP contribution in [0.5, 0.6) is 5.75 Å². The Morgan fingerprint density at radius 2 is 1.47 bits per heavy atom. The van der Waals surface area contributed by atoms with Gasteiger partial charge in [-0.15, -0.1) is 0 Å². The molecule has 1 N–H and O–H groups in total. The number of carbonyl (C=O) groups excluding carboxylic acids is 1. The summed E-state index contributed by atoms with van der Waals surface area (Å²) in [7, 11) is 0. The first kappa shape index (κ1) is 21.3. The van der Waals surface area contributed by atoms with E-state index in [0.717, 1.165) is 65.1 Å². The summed E-state index contributed by atoms with van der Waals surface area (Å²) >= 11 is 0. The van der Waals surface area contributed by atoms with Gasteiger partial charge in [-0.1, -0.05) is 54.6 Å². The van der Waals surface area contributed by atoms with Crippen molar-refractivity contribution < 1.29 is 14.3 Å². The van der Waals surface area contributed by atoms with Gasteiger partial charge in [0.05, 0.1) is 0 Å². The molecule has 34 heavy (non-hydrogen) atoms. The number of ether oxygens (including phenoxy) is 2. The monoisotopic (exact) mass is 453 g/mol. The molecular formula is C30H31NO3. The molecule has 0 aliphatic heterocycles. The molecule has 4 nitrogen and oxygen atoms in total. The second-order valence-corrected chi connectivity index (χ2v) is 10.5. The Hall–Kier alpha value is -3.27. The molecule has 7 rings (SSSR count). The minimum absolute atomic E-state index is 0.223. The molecule has 0 aromatic heterocycles. The minimum atomic E-state index is -0.314. The fraction of sp³-hybridized carbons (Fsp3) is 0.367. The summed E-state index contributed by atoms with van der Waals surface area (Å²) in [5.41, 5.74) is 3.83. The zero-order chi connectivity index (χ0) is 23.0. The Balaban J connectivity index is 1.08. The van der Waals surface area contributed by atoms with Crippen molar-refractivity contribution in [2.45, 2.75) is 50.7 Å². The van der Waals surface area contributed by atoms with Crippen molar-refractivity contribution in [3.05, 3.63) is 84.4 Å². The smallest absolute Gasteiger partial charge is 0.412 e. The van der Waals surface area contributed by atoms with E-state index in [2.05, 4.69) is 23.5 Å². The summed E-state index contributed by atoms with van der Waals surface area (Å²) in [6.45, 7) is 0.541. The van der Waals surface area contributed by atoms with Crippen LogP contribution in [-0.4, -0.2) is 11.7 Å². The van der Waals surface area contributed by atoms with Gasteiger partial charge in [0.2, 0.25) is 0 Å². The summed E-state index contributed by atoms with van der Waals surface area (Å²) in [6, 6.07) is 26.2. The molecular weight excluding hydrogens is 422 g/mol. The normalized spacial score (nSPS) is 26.8. The van der Waals surface area contributed by atoms with Crippen molar-refractivity contribution in [2.75, 3.05) is 5.32 Å². The summed E-state index contributed by atoms with van der Waals surface area (Å²) in [4.78, 5) is 12.7. The molecule has 174 valence electrons. The fourth-order valence-electron chi connectivity index (χ4n) is 6.75. The molecule has 3 aromatic rings. The second-order valence-electron chi connectivity index (χ2n) is 10.5. The number of rotatable bonds is 6. The standard InChI is InChI=1S/C30H31NO3/c32-29(34-30-17-22-13-23(18-30)15-24(14-22)19-30)31-27-11-9-25(10-12-27)26-7-4-8-28(16-26)33-20-21-5-2-1-3-6-21/h1-12,16,22-24H,13-15,17-20H2,(H,31,32). The molecule has 0 unspecified atom stereocenters. The van der Waals surface area contributed by atoms with Gasteiger partial charge >= 0.3 is 6.09 Å². The fourth-order valence-corrected chi connectivity index (χ4v) is 6.75. The van der Waals surface area contributed by atoms with E-state index >= 15 is 0 Å². The first-order valence-electron chi connectivity index (χ1n) is 12.5.